The number of hydrogen-bond donors (Lipinski definition) is 4. The van der Waals surface area contributed by atoms with Crippen molar-refractivity contribution in [2.75, 3.05) is 12.4 Å². The van der Waals surface area contributed by atoms with Gasteiger partial charge in [0.25, 0.3) is 5.91 Å². The molecule has 4 aromatic rings. The molecular weight excluding hydrogens is 520 g/mol. The van der Waals surface area contributed by atoms with Crippen molar-refractivity contribution in [3.63, 3.8) is 0 Å². The number of carbonyl (C=O) groups excluding carboxylic acids is 1. The molecule has 10 nitrogen and oxygen atoms in total. The van der Waals surface area contributed by atoms with Crippen molar-refractivity contribution >= 4 is 27.6 Å². The fourth-order valence-corrected chi connectivity index (χ4v) is 5.51. The van der Waals surface area contributed by atoms with Gasteiger partial charge < -0.3 is 15.3 Å². The predicted octanol–water partition coefficient (Wildman–Crippen LogP) is 4.44. The van der Waals surface area contributed by atoms with Crippen molar-refractivity contribution in [3.8, 4) is 16.9 Å². The lowest BCUT2D eigenvalue weighted by Gasteiger charge is -2.17. The van der Waals surface area contributed by atoms with Crippen molar-refractivity contribution in [1.82, 2.24) is 10.5 Å². The number of anilines is 1. The maximum Gasteiger partial charge on any atom is 0.276 e. The molecule has 0 aliphatic carbocycles. The molecular formula is C28H26N4O6S. The van der Waals surface area contributed by atoms with Gasteiger partial charge in [0.1, 0.15) is 5.75 Å². The van der Waals surface area contributed by atoms with E-state index in [-0.39, 0.29) is 22.0 Å². The van der Waals surface area contributed by atoms with Gasteiger partial charge in [0.15, 0.2) is 5.03 Å². The zero-order valence-electron chi connectivity index (χ0n) is 21.1. The third-order valence-electron chi connectivity index (χ3n) is 6.06. The summed E-state index contributed by atoms with van der Waals surface area (Å²) in [7, 11) is -2.45. The number of aromatic nitrogens is 1. The van der Waals surface area contributed by atoms with E-state index in [4.69, 9.17) is 9.94 Å². The van der Waals surface area contributed by atoms with Crippen LogP contribution in [-0.4, -0.2) is 43.0 Å². The van der Waals surface area contributed by atoms with Crippen LogP contribution >= 0.6 is 0 Å². The number of carbonyl (C=O) groups is 1. The summed E-state index contributed by atoms with van der Waals surface area (Å²) in [6.45, 7) is 1.84. The Kier molecular flexibility index (Phi) is 8.23. The maximum absolute atomic E-state index is 13.4. The van der Waals surface area contributed by atoms with Crippen LogP contribution < -0.4 is 15.5 Å². The van der Waals surface area contributed by atoms with Crippen molar-refractivity contribution < 1.29 is 28.4 Å². The van der Waals surface area contributed by atoms with Crippen LogP contribution in [0.15, 0.2) is 94.1 Å². The Labute approximate surface area is 225 Å². The summed E-state index contributed by atoms with van der Waals surface area (Å²) in [5.41, 5.74) is 5.56. The van der Waals surface area contributed by atoms with Gasteiger partial charge in [-0.2, -0.15) is 0 Å². The number of rotatable bonds is 9. The smallest absolute Gasteiger partial charge is 0.276 e. The van der Waals surface area contributed by atoms with Crippen LogP contribution in [0.2, 0.25) is 0 Å². The average molecular weight is 547 g/mol. The molecule has 0 unspecified atom stereocenters. The first-order chi connectivity index (χ1) is 18.8. The molecule has 11 heteroatoms. The zero-order valence-corrected chi connectivity index (χ0v) is 21.9. The van der Waals surface area contributed by atoms with Crippen LogP contribution in [-0.2, 0) is 16.4 Å². The SMILES string of the molecule is COc1ccc(S(=O)(=O)c2ncccc2CNc2c(C)cc(-c3ccc(/C=N\O)cc3)cc2C(=O)NO)cc1. The number of oxime groups is 1. The van der Waals surface area contributed by atoms with Crippen LogP contribution in [0.25, 0.3) is 11.1 Å². The van der Waals surface area contributed by atoms with Gasteiger partial charge in [-0.15, -0.1) is 0 Å². The summed E-state index contributed by atoms with van der Waals surface area (Å²) in [5.74, 6) is -0.204. The van der Waals surface area contributed by atoms with E-state index in [1.54, 1.807) is 54.9 Å². The van der Waals surface area contributed by atoms with Gasteiger partial charge >= 0.3 is 0 Å². The summed E-state index contributed by atoms with van der Waals surface area (Å²) in [6.07, 6.45) is 2.70. The lowest BCUT2D eigenvalue weighted by atomic mass is 9.97. The van der Waals surface area contributed by atoms with Crippen molar-refractivity contribution in [3.05, 3.63) is 101 Å². The normalized spacial score (nSPS) is 11.4. The quantitative estimate of drug-likeness (QED) is 0.104. The molecule has 0 radical (unpaired) electrons. The van der Waals surface area contributed by atoms with Gasteiger partial charge in [-0.3, -0.25) is 10.0 Å². The highest BCUT2D eigenvalue weighted by atomic mass is 32.2. The van der Waals surface area contributed by atoms with E-state index in [9.17, 15) is 18.4 Å². The Balaban J connectivity index is 1.68. The first-order valence-electron chi connectivity index (χ1n) is 11.7. The van der Waals surface area contributed by atoms with Crippen LogP contribution in [0.4, 0.5) is 5.69 Å². The number of benzene rings is 3. The summed E-state index contributed by atoms with van der Waals surface area (Å²) >= 11 is 0. The highest BCUT2D eigenvalue weighted by Gasteiger charge is 2.23. The fourth-order valence-electron chi connectivity index (χ4n) is 4.11. The average Bonchev–Trinajstić information content (AvgIpc) is 2.96. The molecule has 0 atom stereocenters. The third kappa shape index (κ3) is 5.89. The third-order valence-corrected chi connectivity index (χ3v) is 7.83. The van der Waals surface area contributed by atoms with Gasteiger partial charge in [0.05, 0.1) is 29.5 Å². The van der Waals surface area contributed by atoms with Crippen LogP contribution in [0.3, 0.4) is 0 Å². The number of methoxy groups -OCH3 is 1. The highest BCUT2D eigenvalue weighted by Crippen LogP contribution is 2.31. The zero-order chi connectivity index (χ0) is 28.0. The van der Waals surface area contributed by atoms with E-state index in [2.05, 4.69) is 15.5 Å². The first-order valence-corrected chi connectivity index (χ1v) is 13.2. The van der Waals surface area contributed by atoms with E-state index in [1.165, 1.54) is 31.7 Å². The van der Waals surface area contributed by atoms with Crippen LogP contribution in [0.5, 0.6) is 5.75 Å². The van der Waals surface area contributed by atoms with Gasteiger partial charge in [0.2, 0.25) is 9.84 Å². The Morgan fingerprint density at radius 1 is 1.05 bits per heavy atom. The number of nitrogens with zero attached hydrogens (tertiary/aromatic N) is 2. The maximum atomic E-state index is 13.4. The second-order valence-corrected chi connectivity index (χ2v) is 10.4. The molecule has 39 heavy (non-hydrogen) atoms. The predicted molar refractivity (Wildman–Crippen MR) is 145 cm³/mol. The Morgan fingerprint density at radius 2 is 1.77 bits per heavy atom. The molecule has 3 aromatic carbocycles. The van der Waals surface area contributed by atoms with Crippen LogP contribution in [0, 0.1) is 6.92 Å². The molecule has 0 saturated carbocycles. The summed E-state index contributed by atoms with van der Waals surface area (Å²) < 4.78 is 31.9. The summed E-state index contributed by atoms with van der Waals surface area (Å²) in [5, 5.41) is 24.2. The molecule has 0 saturated heterocycles. The van der Waals surface area contributed by atoms with Gasteiger partial charge in [-0.25, -0.2) is 18.9 Å². The van der Waals surface area contributed by atoms with Gasteiger partial charge in [-0.05, 0) is 71.6 Å². The van der Waals surface area contributed by atoms with Crippen molar-refractivity contribution in [2.24, 2.45) is 5.16 Å². The second kappa shape index (κ2) is 11.8. The molecule has 1 heterocycles. The van der Waals surface area contributed by atoms with E-state index < -0.39 is 15.7 Å². The summed E-state index contributed by atoms with van der Waals surface area (Å²) in [6, 6.07) is 19.9. The van der Waals surface area contributed by atoms with E-state index in [0.29, 0.717) is 33.7 Å². The molecule has 0 fully saturated rings. The molecule has 4 N–H and O–H groups in total. The van der Waals surface area contributed by atoms with E-state index in [0.717, 1.165) is 5.56 Å². The number of hydroxylamine groups is 1. The molecule has 4 rings (SSSR count). The number of amides is 1. The van der Waals surface area contributed by atoms with E-state index in [1.807, 2.05) is 18.2 Å². The number of aryl methyl sites for hydroxylation is 1. The van der Waals surface area contributed by atoms with E-state index >= 15 is 0 Å². The molecule has 0 aliphatic heterocycles. The Morgan fingerprint density at radius 3 is 2.41 bits per heavy atom. The Hall–Kier alpha value is -4.74. The number of nitrogens with one attached hydrogen (secondary N) is 2. The topological polar surface area (TPSA) is 150 Å². The van der Waals surface area contributed by atoms with Gasteiger partial charge in [0, 0.05) is 18.3 Å². The number of ether oxygens (including phenoxy) is 1. The number of hydrogen-bond acceptors (Lipinski definition) is 9. The Bertz CT molecular complexity index is 1620. The molecule has 0 bridgehead atoms. The minimum atomic E-state index is -3.94. The molecule has 200 valence electrons. The second-order valence-electron chi connectivity index (χ2n) is 8.52. The molecule has 1 aromatic heterocycles. The lowest BCUT2D eigenvalue weighted by Crippen LogP contribution is -2.21. The van der Waals surface area contributed by atoms with Crippen LogP contribution in [0.1, 0.15) is 27.0 Å². The lowest BCUT2D eigenvalue weighted by molar-refractivity contribution is 0.0707. The number of sulfone groups is 1. The standard InChI is InChI=1S/C28H26N4O6S/c1-18-14-22(20-7-5-19(6-8-20)16-31-34)15-25(27(33)32-35)26(18)30-17-21-4-3-13-29-28(21)39(36,37)24-11-9-23(38-2)10-12-24/h3-16,30,34-35H,17H2,1-2H3,(H,32,33)/b31-16-. The van der Waals surface area contributed by atoms with Gasteiger partial charge in [-0.1, -0.05) is 35.5 Å². The summed E-state index contributed by atoms with van der Waals surface area (Å²) in [4.78, 5) is 16.8. The fraction of sp³-hybridized carbons (Fsp3) is 0.107. The van der Waals surface area contributed by atoms with Crippen molar-refractivity contribution in [1.29, 1.82) is 0 Å². The molecule has 1 amide bonds. The minimum absolute atomic E-state index is 0.0413. The van der Waals surface area contributed by atoms with Crippen molar-refractivity contribution in [2.45, 2.75) is 23.4 Å². The molecule has 0 spiro atoms. The minimum Gasteiger partial charge on any atom is -0.497 e. The largest absolute Gasteiger partial charge is 0.497 e. The molecule has 0 aliphatic rings. The first kappa shape index (κ1) is 27.3. The number of pyridine rings is 1. The monoisotopic (exact) mass is 546 g/mol. The highest BCUT2D eigenvalue weighted by molar-refractivity contribution is 7.91.